The SMILES string of the molecule is Cc1nc(CN2CC[C@H]3C[C@@H](C(=O)NC4CC4)O[C@@H]3C2)cs1. The highest BCUT2D eigenvalue weighted by Gasteiger charge is 2.42. The van der Waals surface area contributed by atoms with Gasteiger partial charge in [0.05, 0.1) is 16.8 Å². The lowest BCUT2D eigenvalue weighted by atomic mass is 9.91. The van der Waals surface area contributed by atoms with Crippen LogP contribution in [0.1, 0.15) is 36.4 Å². The van der Waals surface area contributed by atoms with E-state index in [1.807, 2.05) is 6.92 Å². The van der Waals surface area contributed by atoms with Crippen LogP contribution in [0, 0.1) is 12.8 Å². The number of aromatic nitrogens is 1. The minimum absolute atomic E-state index is 0.110. The molecule has 1 amide bonds. The topological polar surface area (TPSA) is 54.5 Å². The number of likely N-dealkylation sites (tertiary alicyclic amines) is 1. The number of aryl methyl sites for hydroxylation is 1. The number of rotatable bonds is 4. The van der Waals surface area contributed by atoms with Crippen molar-refractivity contribution in [1.29, 1.82) is 0 Å². The van der Waals surface area contributed by atoms with Gasteiger partial charge >= 0.3 is 0 Å². The van der Waals surface area contributed by atoms with Gasteiger partial charge in [-0.3, -0.25) is 9.69 Å². The Morgan fingerprint density at radius 2 is 2.36 bits per heavy atom. The highest BCUT2D eigenvalue weighted by atomic mass is 32.1. The van der Waals surface area contributed by atoms with Gasteiger partial charge in [0, 0.05) is 24.5 Å². The Bertz CT molecular complexity index is 557. The summed E-state index contributed by atoms with van der Waals surface area (Å²) in [5.41, 5.74) is 1.15. The zero-order chi connectivity index (χ0) is 15.1. The van der Waals surface area contributed by atoms with E-state index in [-0.39, 0.29) is 18.1 Å². The molecule has 2 saturated heterocycles. The number of nitrogens with one attached hydrogen (secondary N) is 1. The molecule has 0 unspecified atom stereocenters. The van der Waals surface area contributed by atoms with E-state index in [1.54, 1.807) is 11.3 Å². The normalized spacial score (nSPS) is 32.0. The van der Waals surface area contributed by atoms with Gasteiger partial charge in [0.15, 0.2) is 0 Å². The number of hydrogen-bond acceptors (Lipinski definition) is 5. The van der Waals surface area contributed by atoms with Crippen LogP contribution in [-0.4, -0.2) is 47.1 Å². The van der Waals surface area contributed by atoms with Crippen LogP contribution in [0.4, 0.5) is 0 Å². The Morgan fingerprint density at radius 1 is 1.50 bits per heavy atom. The number of carbonyl (C=O) groups excluding carboxylic acids is 1. The molecule has 3 heterocycles. The van der Waals surface area contributed by atoms with Crippen molar-refractivity contribution < 1.29 is 9.53 Å². The Morgan fingerprint density at radius 3 is 3.09 bits per heavy atom. The molecule has 3 fully saturated rings. The van der Waals surface area contributed by atoms with Gasteiger partial charge in [0.2, 0.25) is 5.91 Å². The highest BCUT2D eigenvalue weighted by Crippen LogP contribution is 2.34. The van der Waals surface area contributed by atoms with E-state index >= 15 is 0 Å². The van der Waals surface area contributed by atoms with Gasteiger partial charge in [-0.25, -0.2) is 4.98 Å². The van der Waals surface area contributed by atoms with Crippen LogP contribution in [0.2, 0.25) is 0 Å². The number of thiazole rings is 1. The summed E-state index contributed by atoms with van der Waals surface area (Å²) < 4.78 is 6.06. The summed E-state index contributed by atoms with van der Waals surface area (Å²) in [5.74, 6) is 0.655. The lowest BCUT2D eigenvalue weighted by Gasteiger charge is -2.33. The Balaban J connectivity index is 1.32. The first-order chi connectivity index (χ1) is 10.7. The fourth-order valence-electron chi connectivity index (χ4n) is 3.54. The second kappa shape index (κ2) is 5.91. The van der Waals surface area contributed by atoms with Crippen LogP contribution >= 0.6 is 11.3 Å². The molecule has 1 aromatic rings. The molecule has 6 heteroatoms. The van der Waals surface area contributed by atoms with Crippen molar-refractivity contribution in [2.75, 3.05) is 13.1 Å². The number of ether oxygens (including phenoxy) is 1. The van der Waals surface area contributed by atoms with Gasteiger partial charge in [-0.05, 0) is 45.1 Å². The number of amides is 1. The van der Waals surface area contributed by atoms with Crippen LogP contribution in [0.15, 0.2) is 5.38 Å². The molecule has 22 heavy (non-hydrogen) atoms. The molecule has 0 bridgehead atoms. The Kier molecular flexibility index (Phi) is 3.92. The fraction of sp³-hybridized carbons (Fsp3) is 0.750. The van der Waals surface area contributed by atoms with E-state index in [1.165, 1.54) is 0 Å². The molecule has 3 aliphatic rings. The minimum atomic E-state index is -0.225. The Hall–Kier alpha value is -0.980. The molecular weight excluding hydrogens is 298 g/mol. The van der Waals surface area contributed by atoms with E-state index in [4.69, 9.17) is 4.74 Å². The van der Waals surface area contributed by atoms with E-state index < -0.39 is 0 Å². The molecule has 0 radical (unpaired) electrons. The second-order valence-corrected chi connectivity index (χ2v) is 7.89. The molecule has 2 aliphatic heterocycles. The van der Waals surface area contributed by atoms with Gasteiger partial charge in [0.25, 0.3) is 0 Å². The average Bonchev–Trinajstić information content (AvgIpc) is 3.05. The quantitative estimate of drug-likeness (QED) is 0.917. The maximum Gasteiger partial charge on any atom is 0.249 e. The lowest BCUT2D eigenvalue weighted by Crippen LogP contribution is -2.42. The monoisotopic (exact) mass is 321 g/mol. The standard InChI is InChI=1S/C16H23N3O2S/c1-10-17-13(9-22-10)7-19-5-4-11-6-14(21-15(11)8-19)16(20)18-12-2-3-12/h9,11-12,14-15H,2-8H2,1H3,(H,18,20)/t11-,14-,15+/m0/s1. The van der Waals surface area contributed by atoms with Gasteiger partial charge in [0.1, 0.15) is 6.10 Å². The van der Waals surface area contributed by atoms with Gasteiger partial charge < -0.3 is 10.1 Å². The van der Waals surface area contributed by atoms with Crippen molar-refractivity contribution in [2.24, 2.45) is 5.92 Å². The van der Waals surface area contributed by atoms with Gasteiger partial charge in [-0.15, -0.1) is 11.3 Å². The van der Waals surface area contributed by atoms with Crippen molar-refractivity contribution in [3.05, 3.63) is 16.1 Å². The van der Waals surface area contributed by atoms with Crippen molar-refractivity contribution in [1.82, 2.24) is 15.2 Å². The molecular formula is C16H23N3O2S. The molecule has 4 rings (SSSR count). The maximum absolute atomic E-state index is 12.2. The summed E-state index contributed by atoms with van der Waals surface area (Å²) in [5, 5.41) is 6.34. The number of hydrogen-bond donors (Lipinski definition) is 1. The lowest BCUT2D eigenvalue weighted by molar-refractivity contribution is -0.133. The molecule has 5 nitrogen and oxygen atoms in total. The van der Waals surface area contributed by atoms with Crippen LogP contribution in [-0.2, 0) is 16.1 Å². The van der Waals surface area contributed by atoms with E-state index in [0.717, 1.165) is 56.0 Å². The first-order valence-electron chi connectivity index (χ1n) is 8.26. The molecule has 120 valence electrons. The Labute approximate surface area is 135 Å². The molecule has 1 aliphatic carbocycles. The molecule has 1 N–H and O–H groups in total. The summed E-state index contributed by atoms with van der Waals surface area (Å²) in [4.78, 5) is 19.1. The highest BCUT2D eigenvalue weighted by molar-refractivity contribution is 7.09. The third kappa shape index (κ3) is 3.19. The molecule has 3 atom stereocenters. The molecule has 0 spiro atoms. The number of fused-ring (bicyclic) bond motifs is 1. The predicted octanol–water partition coefficient (Wildman–Crippen LogP) is 1.71. The van der Waals surface area contributed by atoms with Crippen molar-refractivity contribution in [3.63, 3.8) is 0 Å². The summed E-state index contributed by atoms with van der Waals surface area (Å²) in [6.45, 7) is 4.95. The van der Waals surface area contributed by atoms with Crippen molar-refractivity contribution in [3.8, 4) is 0 Å². The first-order valence-corrected chi connectivity index (χ1v) is 9.14. The summed E-state index contributed by atoms with van der Waals surface area (Å²) in [6.07, 6.45) is 4.27. The summed E-state index contributed by atoms with van der Waals surface area (Å²) >= 11 is 1.71. The van der Waals surface area contributed by atoms with E-state index in [9.17, 15) is 4.79 Å². The molecule has 1 aromatic heterocycles. The van der Waals surface area contributed by atoms with Crippen molar-refractivity contribution in [2.45, 2.75) is 57.4 Å². The van der Waals surface area contributed by atoms with Crippen LogP contribution in [0.25, 0.3) is 0 Å². The van der Waals surface area contributed by atoms with Gasteiger partial charge in [-0.2, -0.15) is 0 Å². The third-order valence-corrected chi connectivity index (χ3v) is 5.73. The van der Waals surface area contributed by atoms with Gasteiger partial charge in [-0.1, -0.05) is 0 Å². The maximum atomic E-state index is 12.2. The summed E-state index contributed by atoms with van der Waals surface area (Å²) in [6, 6.07) is 0.420. The van der Waals surface area contributed by atoms with Crippen LogP contribution < -0.4 is 5.32 Å². The fourth-order valence-corrected chi connectivity index (χ4v) is 4.14. The second-order valence-electron chi connectivity index (χ2n) is 6.82. The average molecular weight is 321 g/mol. The zero-order valence-electron chi connectivity index (χ0n) is 13.0. The zero-order valence-corrected chi connectivity index (χ0v) is 13.8. The minimum Gasteiger partial charge on any atom is -0.364 e. The molecule has 0 aromatic carbocycles. The first kappa shape index (κ1) is 14.6. The molecule has 1 saturated carbocycles. The number of nitrogens with zero attached hydrogens (tertiary/aromatic N) is 2. The van der Waals surface area contributed by atoms with Crippen LogP contribution in [0.5, 0.6) is 0 Å². The largest absolute Gasteiger partial charge is 0.364 e. The van der Waals surface area contributed by atoms with Crippen LogP contribution in [0.3, 0.4) is 0 Å². The van der Waals surface area contributed by atoms with E-state index in [2.05, 4.69) is 20.6 Å². The van der Waals surface area contributed by atoms with Crippen molar-refractivity contribution >= 4 is 17.2 Å². The predicted molar refractivity (Wildman–Crippen MR) is 84.7 cm³/mol. The van der Waals surface area contributed by atoms with E-state index in [0.29, 0.717) is 12.0 Å². The number of piperidine rings is 1. The third-order valence-electron chi connectivity index (χ3n) is 4.90. The smallest absolute Gasteiger partial charge is 0.249 e. The summed E-state index contributed by atoms with van der Waals surface area (Å²) in [7, 11) is 0. The number of carbonyl (C=O) groups is 1.